The molecule has 1 aromatic carbocycles. The van der Waals surface area contributed by atoms with Crippen molar-refractivity contribution in [3.63, 3.8) is 0 Å². The van der Waals surface area contributed by atoms with Gasteiger partial charge in [0.25, 0.3) is 6.29 Å². The van der Waals surface area contributed by atoms with E-state index in [-0.39, 0.29) is 0 Å². The van der Waals surface area contributed by atoms with Gasteiger partial charge in [-0.3, -0.25) is 0 Å². The molecule has 0 saturated heterocycles. The second-order valence-corrected chi connectivity index (χ2v) is 2.58. The van der Waals surface area contributed by atoms with Gasteiger partial charge in [0.1, 0.15) is 12.5 Å². The van der Waals surface area contributed by atoms with Crippen LogP contribution >= 0.6 is 0 Å². The third-order valence-electron chi connectivity index (χ3n) is 1.80. The third kappa shape index (κ3) is 1.34. The van der Waals surface area contributed by atoms with Gasteiger partial charge >= 0.3 is 0 Å². The molecule has 0 unspecified atom stereocenters. The van der Waals surface area contributed by atoms with Crippen LogP contribution in [0.15, 0.2) is 36.8 Å². The molecule has 3 heteroatoms. The molecule has 0 atom stereocenters. The van der Waals surface area contributed by atoms with Gasteiger partial charge in [0, 0.05) is 0 Å². The first kappa shape index (κ1) is 7.69. The normalized spacial score (nSPS) is 14.7. The SMILES string of the molecule is N#Cc1ccccc1C1OC=CO1. The Labute approximate surface area is 75.8 Å². The van der Waals surface area contributed by atoms with Crippen molar-refractivity contribution in [3.8, 4) is 6.07 Å². The largest absolute Gasteiger partial charge is 0.455 e. The Morgan fingerprint density at radius 2 is 1.85 bits per heavy atom. The summed E-state index contributed by atoms with van der Waals surface area (Å²) in [4.78, 5) is 0. The van der Waals surface area contributed by atoms with E-state index in [2.05, 4.69) is 6.07 Å². The zero-order valence-electron chi connectivity index (χ0n) is 6.81. The number of rotatable bonds is 1. The van der Waals surface area contributed by atoms with Crippen LogP contribution in [0.2, 0.25) is 0 Å². The topological polar surface area (TPSA) is 42.2 Å². The molecule has 0 aliphatic carbocycles. The summed E-state index contributed by atoms with van der Waals surface area (Å²) < 4.78 is 10.3. The fourth-order valence-electron chi connectivity index (χ4n) is 1.19. The summed E-state index contributed by atoms with van der Waals surface area (Å²) in [6.45, 7) is 0. The van der Waals surface area contributed by atoms with E-state index in [1.165, 1.54) is 12.5 Å². The van der Waals surface area contributed by atoms with Crippen LogP contribution in [0, 0.1) is 11.3 Å². The van der Waals surface area contributed by atoms with Crippen LogP contribution in [0.25, 0.3) is 0 Å². The Hall–Kier alpha value is -1.95. The van der Waals surface area contributed by atoms with Crippen molar-refractivity contribution in [2.45, 2.75) is 6.29 Å². The number of nitrogens with zero attached hydrogens (tertiary/aromatic N) is 1. The van der Waals surface area contributed by atoms with E-state index < -0.39 is 6.29 Å². The van der Waals surface area contributed by atoms with E-state index in [1.807, 2.05) is 18.2 Å². The van der Waals surface area contributed by atoms with Gasteiger partial charge in [-0.25, -0.2) is 0 Å². The quantitative estimate of drug-likeness (QED) is 0.652. The summed E-state index contributed by atoms with van der Waals surface area (Å²) in [7, 11) is 0. The molecule has 0 radical (unpaired) electrons. The fraction of sp³-hybridized carbons (Fsp3) is 0.100. The van der Waals surface area contributed by atoms with Crippen molar-refractivity contribution < 1.29 is 9.47 Å². The Bertz CT molecular complexity index is 371. The average molecular weight is 173 g/mol. The van der Waals surface area contributed by atoms with E-state index in [4.69, 9.17) is 14.7 Å². The van der Waals surface area contributed by atoms with Gasteiger partial charge in [0.2, 0.25) is 0 Å². The van der Waals surface area contributed by atoms with E-state index in [9.17, 15) is 0 Å². The lowest BCUT2D eigenvalue weighted by Crippen LogP contribution is -2.00. The van der Waals surface area contributed by atoms with Crippen molar-refractivity contribution in [2.24, 2.45) is 0 Å². The Morgan fingerprint density at radius 3 is 2.54 bits per heavy atom. The first-order valence-electron chi connectivity index (χ1n) is 3.87. The minimum atomic E-state index is -0.462. The van der Waals surface area contributed by atoms with E-state index >= 15 is 0 Å². The van der Waals surface area contributed by atoms with E-state index in [1.54, 1.807) is 6.07 Å². The van der Waals surface area contributed by atoms with Gasteiger partial charge in [0.15, 0.2) is 0 Å². The van der Waals surface area contributed by atoms with Crippen LogP contribution in [0.4, 0.5) is 0 Å². The van der Waals surface area contributed by atoms with Gasteiger partial charge in [-0.15, -0.1) is 0 Å². The summed E-state index contributed by atoms with van der Waals surface area (Å²) >= 11 is 0. The van der Waals surface area contributed by atoms with Gasteiger partial charge in [0.05, 0.1) is 17.2 Å². The number of ether oxygens (including phenoxy) is 2. The molecule has 13 heavy (non-hydrogen) atoms. The summed E-state index contributed by atoms with van der Waals surface area (Å²) in [6, 6.07) is 9.30. The lowest BCUT2D eigenvalue weighted by molar-refractivity contribution is -0.0247. The molecule has 0 fully saturated rings. The summed E-state index contributed by atoms with van der Waals surface area (Å²) in [5.41, 5.74) is 1.34. The second kappa shape index (κ2) is 3.20. The minimum Gasteiger partial charge on any atom is -0.455 e. The maximum absolute atomic E-state index is 8.80. The molecule has 1 aliphatic rings. The summed E-state index contributed by atoms with van der Waals surface area (Å²) in [5, 5.41) is 8.80. The average Bonchev–Trinajstić information content (AvgIpc) is 2.70. The van der Waals surface area contributed by atoms with Crippen LogP contribution in [-0.4, -0.2) is 0 Å². The van der Waals surface area contributed by atoms with Crippen molar-refractivity contribution >= 4 is 0 Å². The predicted molar refractivity (Wildman–Crippen MR) is 45.2 cm³/mol. The molecule has 0 saturated carbocycles. The summed E-state index contributed by atoms with van der Waals surface area (Å²) in [6.07, 6.45) is 2.48. The number of benzene rings is 1. The van der Waals surface area contributed by atoms with Crippen molar-refractivity contribution in [2.75, 3.05) is 0 Å². The zero-order valence-corrected chi connectivity index (χ0v) is 6.81. The van der Waals surface area contributed by atoms with Crippen LogP contribution < -0.4 is 0 Å². The Balaban J connectivity index is 2.34. The lowest BCUT2D eigenvalue weighted by atomic mass is 10.1. The van der Waals surface area contributed by atoms with Crippen LogP contribution in [-0.2, 0) is 9.47 Å². The molecule has 0 spiro atoms. The highest BCUT2D eigenvalue weighted by molar-refractivity contribution is 5.38. The molecular weight excluding hydrogens is 166 g/mol. The van der Waals surface area contributed by atoms with E-state index in [0.29, 0.717) is 5.56 Å². The molecule has 0 aromatic heterocycles. The second-order valence-electron chi connectivity index (χ2n) is 2.58. The molecule has 1 heterocycles. The monoisotopic (exact) mass is 173 g/mol. The highest BCUT2D eigenvalue weighted by atomic mass is 16.7. The van der Waals surface area contributed by atoms with E-state index in [0.717, 1.165) is 5.56 Å². The number of hydrogen-bond acceptors (Lipinski definition) is 3. The Morgan fingerprint density at radius 1 is 1.15 bits per heavy atom. The fourth-order valence-corrected chi connectivity index (χ4v) is 1.19. The van der Waals surface area contributed by atoms with Crippen LogP contribution in [0.1, 0.15) is 17.4 Å². The van der Waals surface area contributed by atoms with Crippen LogP contribution in [0.5, 0.6) is 0 Å². The van der Waals surface area contributed by atoms with Gasteiger partial charge in [-0.05, 0) is 6.07 Å². The number of nitriles is 1. The molecule has 3 nitrogen and oxygen atoms in total. The molecular formula is C10H7NO2. The lowest BCUT2D eigenvalue weighted by Gasteiger charge is -2.10. The van der Waals surface area contributed by atoms with Crippen LogP contribution in [0.3, 0.4) is 0 Å². The molecule has 0 N–H and O–H groups in total. The minimum absolute atomic E-state index is 0.462. The molecule has 0 bridgehead atoms. The predicted octanol–water partition coefficient (Wildman–Crippen LogP) is 2.07. The zero-order chi connectivity index (χ0) is 9.10. The van der Waals surface area contributed by atoms with Crippen molar-refractivity contribution in [1.82, 2.24) is 0 Å². The molecule has 0 amide bonds. The third-order valence-corrected chi connectivity index (χ3v) is 1.80. The maximum Gasteiger partial charge on any atom is 0.267 e. The van der Waals surface area contributed by atoms with Crippen molar-refractivity contribution in [1.29, 1.82) is 5.26 Å². The molecule has 64 valence electrons. The molecule has 1 aromatic rings. The standard InChI is InChI=1S/C10H7NO2/c11-7-8-3-1-2-4-9(8)10-12-5-6-13-10/h1-6,10H. The smallest absolute Gasteiger partial charge is 0.267 e. The van der Waals surface area contributed by atoms with Gasteiger partial charge in [-0.1, -0.05) is 18.2 Å². The first-order valence-corrected chi connectivity index (χ1v) is 3.87. The first-order chi connectivity index (χ1) is 6.42. The maximum atomic E-state index is 8.80. The van der Waals surface area contributed by atoms with Crippen molar-refractivity contribution in [3.05, 3.63) is 47.9 Å². The van der Waals surface area contributed by atoms with Gasteiger partial charge in [-0.2, -0.15) is 5.26 Å². The molecule has 1 aliphatic heterocycles. The van der Waals surface area contributed by atoms with Gasteiger partial charge < -0.3 is 9.47 Å². The highest BCUT2D eigenvalue weighted by Gasteiger charge is 2.18. The summed E-state index contributed by atoms with van der Waals surface area (Å²) in [5.74, 6) is 0. The Kier molecular flexibility index (Phi) is 1.89. The number of hydrogen-bond donors (Lipinski definition) is 0. The highest BCUT2D eigenvalue weighted by Crippen LogP contribution is 2.26. The molecule has 2 rings (SSSR count).